The maximum atomic E-state index is 6.00. The minimum Gasteiger partial charge on any atom is -0.220 e. The van der Waals surface area contributed by atoms with Crippen molar-refractivity contribution in [1.82, 2.24) is 15.0 Å². The van der Waals surface area contributed by atoms with Crippen LogP contribution in [0.4, 0.5) is 0 Å². The lowest BCUT2D eigenvalue weighted by atomic mass is 10.1. The fourth-order valence-corrected chi connectivity index (χ4v) is 2.69. The third-order valence-corrected chi connectivity index (χ3v) is 3.84. The van der Waals surface area contributed by atoms with Gasteiger partial charge in [-0.2, -0.15) is 0 Å². The molecule has 3 rings (SSSR count). The first-order valence-electron chi connectivity index (χ1n) is 6.10. The van der Waals surface area contributed by atoms with Crippen LogP contribution in [0.25, 0.3) is 16.9 Å². The van der Waals surface area contributed by atoms with Crippen LogP contribution < -0.4 is 0 Å². The van der Waals surface area contributed by atoms with Crippen LogP contribution in [-0.4, -0.2) is 15.0 Å². The van der Waals surface area contributed by atoms with Crippen LogP contribution in [0.2, 0.25) is 5.02 Å². The van der Waals surface area contributed by atoms with Gasteiger partial charge in [0.25, 0.3) is 0 Å². The van der Waals surface area contributed by atoms with Gasteiger partial charge >= 0.3 is 0 Å². The molecule has 0 bridgehead atoms. The maximum absolute atomic E-state index is 6.00. The van der Waals surface area contributed by atoms with E-state index < -0.39 is 0 Å². The summed E-state index contributed by atoms with van der Waals surface area (Å²) in [5.74, 6) is 0. The van der Waals surface area contributed by atoms with E-state index in [4.69, 9.17) is 11.6 Å². The largest absolute Gasteiger partial charge is 0.220 e. The standard InChI is InChI=1S/C15H11BrClN3.ClH/c16-9-11-4-1-2-7-14(11)15-10-20(19-18-15)13-6-3-5-12(17)8-13;/h1-8,10H,9H2;1H. The molecule has 0 radical (unpaired) electrons. The molecule has 0 saturated carbocycles. The summed E-state index contributed by atoms with van der Waals surface area (Å²) in [6.45, 7) is 0. The van der Waals surface area contributed by atoms with Gasteiger partial charge in [-0.1, -0.05) is 63.1 Å². The quantitative estimate of drug-likeness (QED) is 0.601. The fourth-order valence-electron chi connectivity index (χ4n) is 2.02. The van der Waals surface area contributed by atoms with Gasteiger partial charge in [-0.15, -0.1) is 17.5 Å². The Morgan fingerprint density at radius 3 is 2.67 bits per heavy atom. The number of nitrogens with zero attached hydrogens (tertiary/aromatic N) is 3. The molecular formula is C15H12BrCl2N3. The van der Waals surface area contributed by atoms with Crippen LogP contribution in [0.1, 0.15) is 5.56 Å². The van der Waals surface area contributed by atoms with Crippen LogP contribution in [-0.2, 0) is 5.33 Å². The molecule has 108 valence electrons. The van der Waals surface area contributed by atoms with Gasteiger partial charge in [-0.05, 0) is 23.8 Å². The number of rotatable bonds is 3. The van der Waals surface area contributed by atoms with Gasteiger partial charge in [0.2, 0.25) is 0 Å². The highest BCUT2D eigenvalue weighted by Crippen LogP contribution is 2.24. The summed E-state index contributed by atoms with van der Waals surface area (Å²) in [5.41, 5.74) is 4.01. The first kappa shape index (κ1) is 16.0. The van der Waals surface area contributed by atoms with Crippen LogP contribution in [0.5, 0.6) is 0 Å². The van der Waals surface area contributed by atoms with E-state index in [2.05, 4.69) is 32.3 Å². The number of benzene rings is 2. The van der Waals surface area contributed by atoms with E-state index in [1.807, 2.05) is 48.7 Å². The van der Waals surface area contributed by atoms with Gasteiger partial charge < -0.3 is 0 Å². The molecule has 1 heterocycles. The van der Waals surface area contributed by atoms with Crippen molar-refractivity contribution in [2.75, 3.05) is 0 Å². The molecule has 0 unspecified atom stereocenters. The van der Waals surface area contributed by atoms with Crippen molar-refractivity contribution in [2.45, 2.75) is 5.33 Å². The van der Waals surface area contributed by atoms with E-state index in [9.17, 15) is 0 Å². The molecule has 0 aliphatic heterocycles. The first-order chi connectivity index (χ1) is 9.78. The van der Waals surface area contributed by atoms with Gasteiger partial charge in [-0.25, -0.2) is 4.68 Å². The van der Waals surface area contributed by atoms with Crippen molar-refractivity contribution in [2.24, 2.45) is 0 Å². The highest BCUT2D eigenvalue weighted by atomic mass is 79.9. The SMILES string of the molecule is Cl.Clc1cccc(-n2cc(-c3ccccc3CBr)nn2)c1. The molecule has 0 fully saturated rings. The highest BCUT2D eigenvalue weighted by Gasteiger charge is 2.09. The lowest BCUT2D eigenvalue weighted by Gasteiger charge is -2.02. The molecule has 3 aromatic rings. The fraction of sp³-hybridized carbons (Fsp3) is 0.0667. The summed E-state index contributed by atoms with van der Waals surface area (Å²) < 4.78 is 1.73. The lowest BCUT2D eigenvalue weighted by molar-refractivity contribution is 0.804. The average molecular weight is 385 g/mol. The number of halogens is 3. The Bertz CT molecular complexity index is 743. The number of hydrogen-bond acceptors (Lipinski definition) is 2. The van der Waals surface area contributed by atoms with E-state index in [0.29, 0.717) is 5.02 Å². The highest BCUT2D eigenvalue weighted by molar-refractivity contribution is 9.08. The number of alkyl halides is 1. The second-order valence-electron chi connectivity index (χ2n) is 4.32. The molecule has 3 nitrogen and oxygen atoms in total. The predicted octanol–water partition coefficient (Wildman–Crippen LogP) is 4.90. The van der Waals surface area contributed by atoms with Crippen LogP contribution in [0, 0.1) is 0 Å². The molecule has 2 aromatic carbocycles. The van der Waals surface area contributed by atoms with Gasteiger partial charge in [0.05, 0.1) is 11.9 Å². The molecule has 0 aliphatic rings. The van der Waals surface area contributed by atoms with Crippen molar-refractivity contribution >= 4 is 39.9 Å². The van der Waals surface area contributed by atoms with E-state index in [0.717, 1.165) is 22.3 Å². The normalized spacial score (nSPS) is 10.2. The average Bonchev–Trinajstić information content (AvgIpc) is 2.97. The molecule has 0 atom stereocenters. The molecule has 6 heteroatoms. The van der Waals surface area contributed by atoms with Crippen molar-refractivity contribution in [3.63, 3.8) is 0 Å². The van der Waals surface area contributed by atoms with Crippen molar-refractivity contribution < 1.29 is 0 Å². The molecule has 0 spiro atoms. The zero-order valence-corrected chi connectivity index (χ0v) is 14.1. The molecule has 0 amide bonds. The Kier molecular flexibility index (Phi) is 5.39. The predicted molar refractivity (Wildman–Crippen MR) is 91.7 cm³/mol. The molecule has 0 N–H and O–H groups in total. The zero-order chi connectivity index (χ0) is 13.9. The second kappa shape index (κ2) is 7.07. The van der Waals surface area contributed by atoms with E-state index in [1.165, 1.54) is 5.56 Å². The maximum Gasteiger partial charge on any atom is 0.113 e. The summed E-state index contributed by atoms with van der Waals surface area (Å²) in [4.78, 5) is 0. The number of hydrogen-bond donors (Lipinski definition) is 0. The van der Waals surface area contributed by atoms with E-state index >= 15 is 0 Å². The van der Waals surface area contributed by atoms with Gasteiger partial charge in [0.15, 0.2) is 0 Å². The Balaban J connectivity index is 0.00000161. The van der Waals surface area contributed by atoms with Gasteiger partial charge in [-0.3, -0.25) is 0 Å². The van der Waals surface area contributed by atoms with Gasteiger partial charge in [0.1, 0.15) is 5.69 Å². The van der Waals surface area contributed by atoms with Crippen molar-refractivity contribution in [3.05, 3.63) is 65.3 Å². The van der Waals surface area contributed by atoms with Crippen LogP contribution in [0.15, 0.2) is 54.7 Å². The van der Waals surface area contributed by atoms with Crippen LogP contribution in [0.3, 0.4) is 0 Å². The summed E-state index contributed by atoms with van der Waals surface area (Å²) in [6.07, 6.45) is 1.91. The lowest BCUT2D eigenvalue weighted by Crippen LogP contribution is -1.93. The zero-order valence-electron chi connectivity index (χ0n) is 10.9. The van der Waals surface area contributed by atoms with Crippen molar-refractivity contribution in [3.8, 4) is 16.9 Å². The first-order valence-corrected chi connectivity index (χ1v) is 7.60. The third-order valence-electron chi connectivity index (χ3n) is 3.00. The molecule has 0 aliphatic carbocycles. The molecule has 1 aromatic heterocycles. The van der Waals surface area contributed by atoms with E-state index in [1.54, 1.807) is 4.68 Å². The minimum atomic E-state index is 0. The summed E-state index contributed by atoms with van der Waals surface area (Å²) in [7, 11) is 0. The Morgan fingerprint density at radius 1 is 1.10 bits per heavy atom. The second-order valence-corrected chi connectivity index (χ2v) is 5.32. The topological polar surface area (TPSA) is 30.7 Å². The van der Waals surface area contributed by atoms with Gasteiger partial charge in [0, 0.05) is 15.9 Å². The third kappa shape index (κ3) is 3.46. The molecule has 0 saturated heterocycles. The molecule has 21 heavy (non-hydrogen) atoms. The van der Waals surface area contributed by atoms with Crippen LogP contribution >= 0.6 is 39.9 Å². The minimum absolute atomic E-state index is 0. The molecular weight excluding hydrogens is 373 g/mol. The van der Waals surface area contributed by atoms with E-state index in [-0.39, 0.29) is 12.4 Å². The van der Waals surface area contributed by atoms with Crippen molar-refractivity contribution in [1.29, 1.82) is 0 Å². The Labute approximate surface area is 142 Å². The Morgan fingerprint density at radius 2 is 1.90 bits per heavy atom. The monoisotopic (exact) mass is 383 g/mol. The summed E-state index contributed by atoms with van der Waals surface area (Å²) in [5, 5.41) is 9.89. The summed E-state index contributed by atoms with van der Waals surface area (Å²) >= 11 is 9.49. The smallest absolute Gasteiger partial charge is 0.113 e. The summed E-state index contributed by atoms with van der Waals surface area (Å²) in [6, 6.07) is 15.7. The number of aromatic nitrogens is 3. The Hall–Kier alpha value is -1.36.